The first-order chi connectivity index (χ1) is 17.1. The minimum atomic E-state index is -0.431. The van der Waals surface area contributed by atoms with Crippen LogP contribution in [0.25, 0.3) is 27.5 Å². The molecule has 0 amide bonds. The number of carbonyl (C=O) groups is 1. The molecule has 1 aliphatic carbocycles. The maximum atomic E-state index is 13.9. The molecule has 3 aromatic carbocycles. The molecule has 0 saturated carbocycles. The van der Waals surface area contributed by atoms with Gasteiger partial charge in [-0.3, -0.25) is 18.7 Å². The van der Waals surface area contributed by atoms with Gasteiger partial charge in [-0.15, -0.1) is 0 Å². The number of hydrogen-bond donors (Lipinski definition) is 0. The smallest absolute Gasteiger partial charge is 0.266 e. The lowest BCUT2D eigenvalue weighted by atomic mass is 9.95. The Balaban J connectivity index is 1.46. The summed E-state index contributed by atoms with van der Waals surface area (Å²) < 4.78 is 3.55. The number of fused-ring (bicyclic) bond motifs is 4. The third kappa shape index (κ3) is 3.69. The van der Waals surface area contributed by atoms with E-state index in [1.807, 2.05) is 78.2 Å². The molecule has 0 fully saturated rings. The number of aromatic nitrogens is 3. The molecule has 6 rings (SSSR count). The van der Waals surface area contributed by atoms with Crippen LogP contribution in [0.5, 0.6) is 0 Å². The number of thioether (sulfide) groups is 1. The summed E-state index contributed by atoms with van der Waals surface area (Å²) in [5.74, 6) is 0.0244. The van der Waals surface area contributed by atoms with Crippen molar-refractivity contribution >= 4 is 39.5 Å². The second-order valence-corrected chi connectivity index (χ2v) is 10.3. The normalized spacial score (nSPS) is 14.2. The Morgan fingerprint density at radius 3 is 2.40 bits per heavy atom. The van der Waals surface area contributed by atoms with Crippen LogP contribution >= 0.6 is 11.8 Å². The highest BCUT2D eigenvalue weighted by Crippen LogP contribution is 2.34. The van der Waals surface area contributed by atoms with E-state index in [9.17, 15) is 9.59 Å². The molecule has 0 bridgehead atoms. The Morgan fingerprint density at radius 2 is 1.57 bits per heavy atom. The average Bonchev–Trinajstić information content (AvgIpc) is 3.23. The van der Waals surface area contributed by atoms with Crippen molar-refractivity contribution in [2.75, 3.05) is 0 Å². The van der Waals surface area contributed by atoms with Gasteiger partial charge in [0.2, 0.25) is 5.91 Å². The van der Waals surface area contributed by atoms with Crippen molar-refractivity contribution in [3.05, 3.63) is 100 Å². The molecule has 2 aromatic heterocycles. The van der Waals surface area contributed by atoms with E-state index in [-0.39, 0.29) is 11.5 Å². The summed E-state index contributed by atoms with van der Waals surface area (Å²) in [5.41, 5.74) is 4.66. The van der Waals surface area contributed by atoms with Crippen molar-refractivity contribution in [1.82, 2.24) is 14.1 Å². The Bertz CT molecular complexity index is 1640. The molecular weight excluding hydrogens is 454 g/mol. The van der Waals surface area contributed by atoms with Crippen LogP contribution in [0, 0.1) is 0 Å². The van der Waals surface area contributed by atoms with Gasteiger partial charge < -0.3 is 0 Å². The van der Waals surface area contributed by atoms with Crippen molar-refractivity contribution < 1.29 is 4.79 Å². The molecule has 0 spiro atoms. The maximum Gasteiger partial charge on any atom is 0.266 e. The van der Waals surface area contributed by atoms with Crippen LogP contribution in [-0.2, 0) is 12.8 Å². The van der Waals surface area contributed by atoms with Crippen molar-refractivity contribution in [3.63, 3.8) is 0 Å². The van der Waals surface area contributed by atoms with Crippen LogP contribution in [0.3, 0.4) is 0 Å². The van der Waals surface area contributed by atoms with Gasteiger partial charge in [0.1, 0.15) is 0 Å². The van der Waals surface area contributed by atoms with Gasteiger partial charge in [0.25, 0.3) is 5.56 Å². The van der Waals surface area contributed by atoms with Gasteiger partial charge in [-0.25, -0.2) is 4.98 Å². The zero-order valence-corrected chi connectivity index (χ0v) is 20.3. The predicted molar refractivity (Wildman–Crippen MR) is 142 cm³/mol. The summed E-state index contributed by atoms with van der Waals surface area (Å²) in [6.45, 7) is 1.91. The Labute approximate surface area is 207 Å². The molecule has 0 radical (unpaired) electrons. The second kappa shape index (κ2) is 8.86. The molecule has 1 unspecified atom stereocenters. The molecule has 0 N–H and O–H groups in total. The third-order valence-corrected chi connectivity index (χ3v) is 7.83. The molecule has 174 valence electrons. The van der Waals surface area contributed by atoms with Crippen molar-refractivity contribution in [1.29, 1.82) is 0 Å². The first kappa shape index (κ1) is 21.9. The zero-order valence-electron chi connectivity index (χ0n) is 19.5. The van der Waals surface area contributed by atoms with Crippen LogP contribution in [0.15, 0.2) is 88.8 Å². The highest BCUT2D eigenvalue weighted by atomic mass is 32.2. The number of para-hydroxylation sites is 3. The zero-order chi connectivity index (χ0) is 23.9. The van der Waals surface area contributed by atoms with Crippen molar-refractivity contribution in [2.24, 2.45) is 0 Å². The fourth-order valence-corrected chi connectivity index (χ4v) is 6.10. The molecule has 0 aliphatic heterocycles. The molecule has 5 aromatic rings. The standard InChI is InChI=1S/C29H25N3O2S/c1-19(27(33)32-25-17-9-6-13-21(25)22-14-7-10-18-26(22)32)35-29-30-24-16-8-5-15-23(24)28(34)31(29)20-11-3-2-4-12-20/h2-6,8-9,11-13,15-17,19H,7,10,14,18H2,1H3. The van der Waals surface area contributed by atoms with E-state index >= 15 is 0 Å². The summed E-state index contributed by atoms with van der Waals surface area (Å²) in [6.07, 6.45) is 4.18. The number of benzene rings is 3. The lowest BCUT2D eigenvalue weighted by Crippen LogP contribution is -2.27. The largest absolute Gasteiger partial charge is 0.283 e. The summed E-state index contributed by atoms with van der Waals surface area (Å²) in [7, 11) is 0. The fourth-order valence-electron chi connectivity index (χ4n) is 5.13. The van der Waals surface area contributed by atoms with Gasteiger partial charge in [0.15, 0.2) is 5.16 Å². The molecule has 1 aliphatic rings. The number of rotatable bonds is 4. The van der Waals surface area contributed by atoms with Gasteiger partial charge in [-0.05, 0) is 68.5 Å². The first-order valence-electron chi connectivity index (χ1n) is 12.0. The fraction of sp³-hybridized carbons (Fsp3) is 0.207. The minimum Gasteiger partial charge on any atom is -0.283 e. The maximum absolute atomic E-state index is 13.9. The third-order valence-electron chi connectivity index (χ3n) is 6.79. The summed E-state index contributed by atoms with van der Waals surface area (Å²) in [5, 5.41) is 1.83. The van der Waals surface area contributed by atoms with Crippen LogP contribution in [0.2, 0.25) is 0 Å². The van der Waals surface area contributed by atoms with E-state index in [0.29, 0.717) is 16.1 Å². The highest BCUT2D eigenvalue weighted by molar-refractivity contribution is 8.00. The predicted octanol–water partition coefficient (Wildman–Crippen LogP) is 6.04. The Kier molecular flexibility index (Phi) is 5.53. The van der Waals surface area contributed by atoms with E-state index in [1.54, 1.807) is 10.6 Å². The van der Waals surface area contributed by atoms with E-state index in [1.165, 1.54) is 22.7 Å². The Hall–Kier alpha value is -3.64. The number of nitrogens with zero attached hydrogens (tertiary/aromatic N) is 3. The summed E-state index contributed by atoms with van der Waals surface area (Å²) in [6, 6.07) is 25.1. The van der Waals surface area contributed by atoms with E-state index in [2.05, 4.69) is 6.07 Å². The molecule has 0 saturated heterocycles. The Morgan fingerprint density at radius 1 is 0.886 bits per heavy atom. The molecule has 5 nitrogen and oxygen atoms in total. The van der Waals surface area contributed by atoms with Gasteiger partial charge >= 0.3 is 0 Å². The summed E-state index contributed by atoms with van der Waals surface area (Å²) >= 11 is 1.34. The van der Waals surface area contributed by atoms with Gasteiger partial charge in [0.05, 0.1) is 27.4 Å². The average molecular weight is 480 g/mol. The van der Waals surface area contributed by atoms with E-state index in [4.69, 9.17) is 4.98 Å². The molecule has 35 heavy (non-hydrogen) atoms. The van der Waals surface area contributed by atoms with Crippen molar-refractivity contribution in [2.45, 2.75) is 43.0 Å². The number of hydrogen-bond acceptors (Lipinski definition) is 4. The topological polar surface area (TPSA) is 56.9 Å². The first-order valence-corrected chi connectivity index (χ1v) is 12.9. The molecule has 6 heteroatoms. The molecular formula is C29H25N3O2S. The molecule has 2 heterocycles. The molecule has 1 atom stereocenters. The lowest BCUT2D eigenvalue weighted by Gasteiger charge is -2.19. The highest BCUT2D eigenvalue weighted by Gasteiger charge is 2.27. The summed E-state index contributed by atoms with van der Waals surface area (Å²) in [4.78, 5) is 32.3. The van der Waals surface area contributed by atoms with Crippen LogP contribution in [0.4, 0.5) is 0 Å². The van der Waals surface area contributed by atoms with E-state index in [0.717, 1.165) is 42.6 Å². The van der Waals surface area contributed by atoms with Gasteiger partial charge in [0, 0.05) is 11.1 Å². The number of aryl methyl sites for hydroxylation is 1. The quantitative estimate of drug-likeness (QED) is 0.233. The lowest BCUT2D eigenvalue weighted by molar-refractivity contribution is 0.0916. The van der Waals surface area contributed by atoms with Crippen LogP contribution < -0.4 is 5.56 Å². The van der Waals surface area contributed by atoms with Gasteiger partial charge in [-0.2, -0.15) is 0 Å². The van der Waals surface area contributed by atoms with Crippen LogP contribution in [0.1, 0.15) is 35.8 Å². The monoisotopic (exact) mass is 479 g/mol. The second-order valence-electron chi connectivity index (χ2n) is 8.97. The minimum absolute atomic E-state index is 0.0244. The van der Waals surface area contributed by atoms with Gasteiger partial charge in [-0.1, -0.05) is 60.3 Å². The van der Waals surface area contributed by atoms with E-state index < -0.39 is 5.25 Å². The number of carbonyl (C=O) groups excluding carboxylic acids is 1. The van der Waals surface area contributed by atoms with Crippen molar-refractivity contribution in [3.8, 4) is 5.69 Å². The SMILES string of the molecule is CC(Sc1nc2ccccc2c(=O)n1-c1ccccc1)C(=O)n1c2c(c3ccccc31)CCCC2. The van der Waals surface area contributed by atoms with Crippen LogP contribution in [-0.4, -0.2) is 25.3 Å².